The summed E-state index contributed by atoms with van der Waals surface area (Å²) in [5.74, 6) is 0.827. The topological polar surface area (TPSA) is 22.1 Å². The Morgan fingerprint density at radius 2 is 1.50 bits per heavy atom. The highest BCUT2D eigenvalue weighted by molar-refractivity contribution is 5.19. The van der Waals surface area contributed by atoms with Gasteiger partial charge in [0.15, 0.2) is 0 Å². The van der Waals surface area contributed by atoms with Gasteiger partial charge in [0, 0.05) is 5.69 Å². The average Bonchev–Trinajstić information content (AvgIpc) is 2.25. The molecule has 1 rings (SSSR count). The summed E-state index contributed by atoms with van der Waals surface area (Å²) in [5, 5.41) is 0. The number of hydrogen-bond acceptors (Lipinski definition) is 2. The molecule has 0 atom stereocenters. The minimum atomic E-state index is -0.142. The molecule has 2 heteroatoms. The van der Waals surface area contributed by atoms with Gasteiger partial charge in [0.05, 0.1) is 6.20 Å². The Morgan fingerprint density at radius 3 is 1.81 bits per heavy atom. The second-order valence-electron chi connectivity index (χ2n) is 3.85. The number of aryl methyl sites for hydroxylation is 1. The van der Waals surface area contributed by atoms with E-state index in [1.165, 1.54) is 0 Å². The van der Waals surface area contributed by atoms with Crippen molar-refractivity contribution in [3.8, 4) is 5.75 Å². The predicted octanol–water partition coefficient (Wildman–Crippen LogP) is 4.62. The third-order valence-electron chi connectivity index (χ3n) is 1.31. The van der Waals surface area contributed by atoms with E-state index in [4.69, 9.17) is 4.74 Å². The summed E-state index contributed by atoms with van der Waals surface area (Å²) in [5.41, 5.74) is 0.868. The molecular weight excluding hydrogens is 198 g/mol. The highest BCUT2D eigenvalue weighted by atomic mass is 16.5. The number of nitrogens with zero attached hydrogens (tertiary/aromatic N) is 1. The summed E-state index contributed by atoms with van der Waals surface area (Å²) >= 11 is 0. The van der Waals surface area contributed by atoms with Crippen molar-refractivity contribution < 1.29 is 4.74 Å². The first-order valence-electron chi connectivity index (χ1n) is 6.09. The number of aromatic nitrogens is 1. The fourth-order valence-electron chi connectivity index (χ4n) is 0.868. The van der Waals surface area contributed by atoms with Gasteiger partial charge in [0.1, 0.15) is 11.4 Å². The molecule has 0 spiro atoms. The molecule has 0 unspecified atom stereocenters. The Labute approximate surface area is 101 Å². The summed E-state index contributed by atoms with van der Waals surface area (Å²) in [6, 6.07) is 3.88. The first-order valence-corrected chi connectivity index (χ1v) is 6.09. The smallest absolute Gasteiger partial charge is 0.138 e. The van der Waals surface area contributed by atoms with Gasteiger partial charge >= 0.3 is 0 Å². The maximum absolute atomic E-state index is 5.59. The van der Waals surface area contributed by atoms with Crippen LogP contribution in [0.1, 0.15) is 54.2 Å². The van der Waals surface area contributed by atoms with Gasteiger partial charge in [-0.25, -0.2) is 0 Å². The second kappa shape index (κ2) is 9.20. The third kappa shape index (κ3) is 9.50. The zero-order valence-electron chi connectivity index (χ0n) is 12.1. The summed E-state index contributed by atoms with van der Waals surface area (Å²) < 4.78 is 5.59. The summed E-state index contributed by atoms with van der Waals surface area (Å²) in [6.45, 7) is 16.0. The molecule has 0 amide bonds. The molecule has 0 aromatic carbocycles. The van der Waals surface area contributed by atoms with Crippen LogP contribution in [0.2, 0.25) is 0 Å². The molecule has 94 valence electrons. The van der Waals surface area contributed by atoms with Crippen molar-refractivity contribution in [2.75, 3.05) is 0 Å². The normalized spacial score (nSPS) is 9.25. The molecule has 2 nitrogen and oxygen atoms in total. The molecule has 0 aliphatic heterocycles. The average molecular weight is 225 g/mol. The van der Waals surface area contributed by atoms with Crippen LogP contribution in [0.25, 0.3) is 0 Å². The number of pyridine rings is 1. The van der Waals surface area contributed by atoms with Crippen molar-refractivity contribution in [3.63, 3.8) is 0 Å². The quantitative estimate of drug-likeness (QED) is 0.695. The molecule has 0 fully saturated rings. The standard InChI is InChI=1S/C10H15NO.2C2H6/c1-8-5-6-9(7-11-8)12-10(2,3)4;2*1-2/h5-7H,1-4H3;2*1-2H3. The molecule has 0 aliphatic carbocycles. The van der Waals surface area contributed by atoms with E-state index in [1.54, 1.807) is 6.20 Å². The van der Waals surface area contributed by atoms with E-state index in [2.05, 4.69) is 4.98 Å². The van der Waals surface area contributed by atoms with Gasteiger partial charge in [-0.2, -0.15) is 0 Å². The Balaban J connectivity index is 0. The van der Waals surface area contributed by atoms with Crippen LogP contribution in [0, 0.1) is 6.92 Å². The lowest BCUT2D eigenvalue weighted by Crippen LogP contribution is -2.22. The molecule has 0 saturated carbocycles. The van der Waals surface area contributed by atoms with E-state index in [0.717, 1.165) is 11.4 Å². The maximum Gasteiger partial charge on any atom is 0.138 e. The summed E-state index contributed by atoms with van der Waals surface area (Å²) in [4.78, 5) is 4.14. The van der Waals surface area contributed by atoms with E-state index >= 15 is 0 Å². The highest BCUT2D eigenvalue weighted by Crippen LogP contribution is 2.16. The van der Waals surface area contributed by atoms with Crippen molar-refractivity contribution >= 4 is 0 Å². The molecule has 1 heterocycles. The molecule has 0 bridgehead atoms. The monoisotopic (exact) mass is 225 g/mol. The Morgan fingerprint density at radius 1 is 1.00 bits per heavy atom. The number of rotatable bonds is 1. The van der Waals surface area contributed by atoms with E-state index < -0.39 is 0 Å². The Kier molecular flexibility index (Phi) is 9.97. The maximum atomic E-state index is 5.59. The van der Waals surface area contributed by atoms with Crippen LogP contribution in [-0.4, -0.2) is 10.6 Å². The van der Waals surface area contributed by atoms with Gasteiger partial charge in [-0.05, 0) is 39.8 Å². The van der Waals surface area contributed by atoms with Crippen LogP contribution in [0.4, 0.5) is 0 Å². The van der Waals surface area contributed by atoms with Crippen molar-refractivity contribution in [1.29, 1.82) is 0 Å². The van der Waals surface area contributed by atoms with E-state index in [-0.39, 0.29) is 5.60 Å². The summed E-state index contributed by atoms with van der Waals surface area (Å²) in [6.07, 6.45) is 1.75. The van der Waals surface area contributed by atoms with Gasteiger partial charge < -0.3 is 4.74 Å². The fourth-order valence-corrected chi connectivity index (χ4v) is 0.868. The van der Waals surface area contributed by atoms with Crippen molar-refractivity contribution in [2.24, 2.45) is 0 Å². The van der Waals surface area contributed by atoms with Crippen molar-refractivity contribution in [3.05, 3.63) is 24.0 Å². The van der Waals surface area contributed by atoms with Crippen LogP contribution >= 0.6 is 0 Å². The van der Waals surface area contributed by atoms with Crippen molar-refractivity contribution in [1.82, 2.24) is 4.98 Å². The molecular formula is C14H27NO. The molecule has 16 heavy (non-hydrogen) atoms. The summed E-state index contributed by atoms with van der Waals surface area (Å²) in [7, 11) is 0. The lowest BCUT2D eigenvalue weighted by Gasteiger charge is -2.20. The molecule has 0 saturated heterocycles. The lowest BCUT2D eigenvalue weighted by atomic mass is 10.2. The minimum Gasteiger partial charge on any atom is -0.487 e. The van der Waals surface area contributed by atoms with Crippen LogP contribution in [0.3, 0.4) is 0 Å². The van der Waals surface area contributed by atoms with Crippen LogP contribution in [-0.2, 0) is 0 Å². The van der Waals surface area contributed by atoms with E-state index in [0.29, 0.717) is 0 Å². The Hall–Kier alpha value is -1.05. The first kappa shape index (κ1) is 17.3. The van der Waals surface area contributed by atoms with Gasteiger partial charge in [0.2, 0.25) is 0 Å². The lowest BCUT2D eigenvalue weighted by molar-refractivity contribution is 0.130. The molecule has 1 aromatic heterocycles. The van der Waals surface area contributed by atoms with E-state index in [9.17, 15) is 0 Å². The largest absolute Gasteiger partial charge is 0.487 e. The zero-order valence-corrected chi connectivity index (χ0v) is 12.1. The number of hydrogen-bond donors (Lipinski definition) is 0. The van der Waals surface area contributed by atoms with Crippen LogP contribution in [0.5, 0.6) is 5.75 Å². The van der Waals surface area contributed by atoms with Gasteiger partial charge in [0.25, 0.3) is 0 Å². The molecule has 0 N–H and O–H groups in total. The SMILES string of the molecule is CC.CC.Cc1ccc(OC(C)(C)C)cn1. The second-order valence-corrected chi connectivity index (χ2v) is 3.85. The van der Waals surface area contributed by atoms with Crippen LogP contribution in [0.15, 0.2) is 18.3 Å². The first-order chi connectivity index (χ1) is 7.47. The minimum absolute atomic E-state index is 0.142. The zero-order chi connectivity index (χ0) is 13.2. The third-order valence-corrected chi connectivity index (χ3v) is 1.31. The molecule has 1 aromatic rings. The fraction of sp³-hybridized carbons (Fsp3) is 0.643. The molecule has 0 radical (unpaired) electrons. The van der Waals surface area contributed by atoms with Gasteiger partial charge in [-0.1, -0.05) is 27.7 Å². The highest BCUT2D eigenvalue weighted by Gasteiger charge is 2.11. The number of ether oxygens (including phenoxy) is 1. The predicted molar refractivity (Wildman–Crippen MR) is 72.1 cm³/mol. The van der Waals surface area contributed by atoms with E-state index in [1.807, 2.05) is 67.5 Å². The Bertz CT molecular complexity index is 246. The van der Waals surface area contributed by atoms with Gasteiger partial charge in [-0.3, -0.25) is 4.98 Å². The van der Waals surface area contributed by atoms with Crippen molar-refractivity contribution in [2.45, 2.75) is 61.0 Å². The molecule has 0 aliphatic rings. The van der Waals surface area contributed by atoms with Crippen LogP contribution < -0.4 is 4.74 Å². The van der Waals surface area contributed by atoms with Gasteiger partial charge in [-0.15, -0.1) is 0 Å².